The summed E-state index contributed by atoms with van der Waals surface area (Å²) in [5.74, 6) is 0. The van der Waals surface area contributed by atoms with E-state index in [1.807, 2.05) is 17.5 Å². The Kier molecular flexibility index (Phi) is 4.52. The Morgan fingerprint density at radius 3 is 2.71 bits per heavy atom. The average Bonchev–Trinajstić information content (AvgIpc) is 3.07. The number of nitrogens with one attached hydrogen (secondary N) is 1. The van der Waals surface area contributed by atoms with Crippen LogP contribution in [0, 0.1) is 0 Å². The number of rotatable bonds is 3. The smallest absolute Gasteiger partial charge is 0.203 e. The third kappa shape index (κ3) is 3.18. The third-order valence-electron chi connectivity index (χ3n) is 4.95. The number of anilines is 1. The first-order valence-corrected chi connectivity index (χ1v) is 9.68. The Balaban J connectivity index is 1.47. The van der Waals surface area contributed by atoms with Gasteiger partial charge in [0.1, 0.15) is 0 Å². The SMILES string of the molecule is CN1[C@@H]2CC[C@H]1CC(=NNc1nc(-c3ccc(Cl)cc3Cl)cs1)C2. The Hall–Kier alpha value is -1.14. The van der Waals surface area contributed by atoms with Gasteiger partial charge in [0.2, 0.25) is 5.13 Å². The summed E-state index contributed by atoms with van der Waals surface area (Å²) in [6.45, 7) is 0. The van der Waals surface area contributed by atoms with E-state index in [-0.39, 0.29) is 0 Å². The first-order chi connectivity index (χ1) is 11.6. The van der Waals surface area contributed by atoms with E-state index >= 15 is 0 Å². The van der Waals surface area contributed by atoms with E-state index < -0.39 is 0 Å². The van der Waals surface area contributed by atoms with Crippen LogP contribution in [0.5, 0.6) is 0 Å². The van der Waals surface area contributed by atoms with Gasteiger partial charge < -0.3 is 0 Å². The molecule has 4 nitrogen and oxygen atoms in total. The Labute approximate surface area is 155 Å². The molecule has 2 fully saturated rings. The Morgan fingerprint density at radius 2 is 2.00 bits per heavy atom. The second-order valence-corrected chi connectivity index (χ2v) is 8.11. The average molecular weight is 381 g/mol. The summed E-state index contributed by atoms with van der Waals surface area (Å²) in [7, 11) is 2.23. The molecule has 0 amide bonds. The highest BCUT2D eigenvalue weighted by atomic mass is 35.5. The first-order valence-electron chi connectivity index (χ1n) is 8.04. The molecule has 2 aromatic rings. The zero-order valence-electron chi connectivity index (χ0n) is 13.3. The standard InChI is InChI=1S/C17H18Cl2N4S/c1-23-12-3-4-13(23)8-11(7-12)21-22-17-20-16(9-24-17)14-5-2-10(18)6-15(14)19/h2,5-6,9,12-13H,3-4,7-8H2,1H3,(H,20,22)/t12-,13+. The molecule has 2 atom stereocenters. The molecule has 1 aromatic heterocycles. The second-order valence-electron chi connectivity index (χ2n) is 6.41. The largest absolute Gasteiger partial charge is 0.300 e. The van der Waals surface area contributed by atoms with Gasteiger partial charge in [0.05, 0.1) is 10.7 Å². The van der Waals surface area contributed by atoms with Crippen molar-refractivity contribution in [1.29, 1.82) is 0 Å². The van der Waals surface area contributed by atoms with Crippen molar-refractivity contribution in [1.82, 2.24) is 9.88 Å². The molecule has 0 unspecified atom stereocenters. The van der Waals surface area contributed by atoms with Crippen LogP contribution >= 0.6 is 34.5 Å². The summed E-state index contributed by atoms with van der Waals surface area (Å²) in [4.78, 5) is 7.09. The molecule has 2 aliphatic heterocycles. The monoisotopic (exact) mass is 380 g/mol. The lowest BCUT2D eigenvalue weighted by Crippen LogP contribution is -2.40. The van der Waals surface area contributed by atoms with Crippen LogP contribution in [0.15, 0.2) is 28.7 Å². The van der Waals surface area contributed by atoms with Gasteiger partial charge >= 0.3 is 0 Å². The number of thiazole rings is 1. The number of fused-ring (bicyclic) bond motifs is 2. The maximum absolute atomic E-state index is 6.25. The number of hydrazone groups is 1. The lowest BCUT2D eigenvalue weighted by atomic mass is 10.0. The fourth-order valence-electron chi connectivity index (χ4n) is 3.57. The van der Waals surface area contributed by atoms with Crippen molar-refractivity contribution in [3.63, 3.8) is 0 Å². The van der Waals surface area contributed by atoms with Gasteiger partial charge in [-0.2, -0.15) is 5.10 Å². The molecular formula is C17H18Cl2N4S. The van der Waals surface area contributed by atoms with Crippen LogP contribution in [-0.4, -0.2) is 34.7 Å². The van der Waals surface area contributed by atoms with E-state index in [0.717, 1.165) is 29.2 Å². The van der Waals surface area contributed by atoms with Crippen LogP contribution in [0.4, 0.5) is 5.13 Å². The summed E-state index contributed by atoms with van der Waals surface area (Å²) in [6.07, 6.45) is 4.69. The van der Waals surface area contributed by atoms with E-state index in [2.05, 4.69) is 27.5 Å². The topological polar surface area (TPSA) is 40.5 Å². The zero-order chi connectivity index (χ0) is 16.7. The second kappa shape index (κ2) is 6.64. The zero-order valence-corrected chi connectivity index (χ0v) is 15.6. The highest BCUT2D eigenvalue weighted by Crippen LogP contribution is 2.34. The van der Waals surface area contributed by atoms with Crippen molar-refractivity contribution in [3.8, 4) is 11.3 Å². The van der Waals surface area contributed by atoms with Crippen LogP contribution in [0.2, 0.25) is 10.0 Å². The summed E-state index contributed by atoms with van der Waals surface area (Å²) < 4.78 is 0. The van der Waals surface area contributed by atoms with E-state index in [1.54, 1.807) is 6.07 Å². The summed E-state index contributed by atoms with van der Waals surface area (Å²) in [5.41, 5.74) is 6.10. The van der Waals surface area contributed by atoms with Gasteiger partial charge in [0.15, 0.2) is 0 Å². The van der Waals surface area contributed by atoms with Gasteiger partial charge in [0.25, 0.3) is 0 Å². The number of nitrogens with zero attached hydrogens (tertiary/aromatic N) is 3. The number of hydrogen-bond acceptors (Lipinski definition) is 5. The maximum Gasteiger partial charge on any atom is 0.203 e. The van der Waals surface area contributed by atoms with Gasteiger partial charge in [-0.15, -0.1) is 11.3 Å². The van der Waals surface area contributed by atoms with Crippen molar-refractivity contribution in [2.24, 2.45) is 5.10 Å². The molecule has 24 heavy (non-hydrogen) atoms. The molecule has 4 rings (SSSR count). The van der Waals surface area contributed by atoms with Crippen LogP contribution in [-0.2, 0) is 0 Å². The Morgan fingerprint density at radius 1 is 1.25 bits per heavy atom. The van der Waals surface area contributed by atoms with Gasteiger partial charge in [-0.25, -0.2) is 4.98 Å². The van der Waals surface area contributed by atoms with Crippen molar-refractivity contribution in [2.75, 3.05) is 12.5 Å². The predicted octanol–water partition coefficient (Wildman–Crippen LogP) is 5.14. The van der Waals surface area contributed by atoms with Gasteiger partial charge in [-0.05, 0) is 38.1 Å². The molecule has 2 bridgehead atoms. The number of aromatic nitrogens is 1. The molecule has 0 saturated carbocycles. The quantitative estimate of drug-likeness (QED) is 0.749. The minimum absolute atomic E-state index is 0.609. The third-order valence-corrected chi connectivity index (χ3v) is 6.24. The number of piperidine rings is 1. The fraction of sp³-hybridized carbons (Fsp3) is 0.412. The van der Waals surface area contributed by atoms with E-state index in [4.69, 9.17) is 23.2 Å². The summed E-state index contributed by atoms with van der Waals surface area (Å²) >= 11 is 13.7. The lowest BCUT2D eigenvalue weighted by Gasteiger charge is -2.31. The first kappa shape index (κ1) is 16.3. The molecule has 0 spiro atoms. The van der Waals surface area contributed by atoms with E-state index in [1.165, 1.54) is 29.9 Å². The van der Waals surface area contributed by atoms with Gasteiger partial charge in [-0.1, -0.05) is 23.2 Å². The summed E-state index contributed by atoms with van der Waals surface area (Å²) in [5, 5.41) is 8.61. The highest BCUT2D eigenvalue weighted by Gasteiger charge is 2.36. The molecule has 126 valence electrons. The molecular weight excluding hydrogens is 363 g/mol. The molecule has 0 aliphatic carbocycles. The molecule has 7 heteroatoms. The van der Waals surface area contributed by atoms with E-state index in [0.29, 0.717) is 22.1 Å². The summed E-state index contributed by atoms with van der Waals surface area (Å²) in [6, 6.07) is 6.76. The number of halogens is 2. The van der Waals surface area contributed by atoms with Crippen molar-refractivity contribution in [3.05, 3.63) is 33.6 Å². The normalized spacial score (nSPS) is 25.4. The molecule has 3 heterocycles. The highest BCUT2D eigenvalue weighted by molar-refractivity contribution is 7.14. The lowest BCUT2D eigenvalue weighted by molar-refractivity contribution is 0.231. The number of hydrogen-bond donors (Lipinski definition) is 1. The fourth-order valence-corrected chi connectivity index (χ4v) is 4.73. The number of benzene rings is 1. The van der Waals surface area contributed by atoms with Crippen LogP contribution in [0.1, 0.15) is 25.7 Å². The van der Waals surface area contributed by atoms with E-state index in [9.17, 15) is 0 Å². The minimum atomic E-state index is 0.609. The van der Waals surface area contributed by atoms with Crippen molar-refractivity contribution < 1.29 is 0 Å². The predicted molar refractivity (Wildman–Crippen MR) is 102 cm³/mol. The van der Waals surface area contributed by atoms with Crippen molar-refractivity contribution in [2.45, 2.75) is 37.8 Å². The van der Waals surface area contributed by atoms with Crippen LogP contribution < -0.4 is 5.43 Å². The molecule has 2 aliphatic rings. The van der Waals surface area contributed by atoms with Gasteiger partial charge in [-0.3, -0.25) is 10.3 Å². The minimum Gasteiger partial charge on any atom is -0.300 e. The molecule has 2 saturated heterocycles. The maximum atomic E-state index is 6.25. The molecule has 1 aromatic carbocycles. The molecule has 1 N–H and O–H groups in total. The van der Waals surface area contributed by atoms with Crippen LogP contribution in [0.25, 0.3) is 11.3 Å². The van der Waals surface area contributed by atoms with Crippen molar-refractivity contribution >= 4 is 45.4 Å². The molecule has 0 radical (unpaired) electrons. The van der Waals surface area contributed by atoms with Crippen LogP contribution in [0.3, 0.4) is 0 Å². The van der Waals surface area contributed by atoms with Gasteiger partial charge in [0, 0.05) is 46.6 Å². The Bertz CT molecular complexity index is 773.